The number of aromatic amines is 1. The first-order chi connectivity index (χ1) is 17.6. The quantitative estimate of drug-likeness (QED) is 0.247. The molecule has 0 spiro atoms. The number of carboxylic acid groups (broad SMARTS) is 1. The Morgan fingerprint density at radius 1 is 0.972 bits per heavy atom. The van der Waals surface area contributed by atoms with Crippen LogP contribution in [0, 0.1) is 6.92 Å². The van der Waals surface area contributed by atoms with Crippen molar-refractivity contribution >= 4 is 16.7 Å². The predicted molar refractivity (Wildman–Crippen MR) is 142 cm³/mol. The number of rotatable bonds is 9. The van der Waals surface area contributed by atoms with Crippen molar-refractivity contribution in [3.8, 4) is 16.9 Å². The first-order valence-electron chi connectivity index (χ1n) is 12.1. The molecule has 5 heteroatoms. The first-order valence-corrected chi connectivity index (χ1v) is 12.1. The second kappa shape index (κ2) is 10.5. The van der Waals surface area contributed by atoms with Gasteiger partial charge in [-0.05, 0) is 59.0 Å². The van der Waals surface area contributed by atoms with E-state index in [-0.39, 0.29) is 6.42 Å². The topological polar surface area (TPSA) is 75.2 Å². The highest BCUT2D eigenvalue weighted by molar-refractivity contribution is 5.84. The van der Waals surface area contributed by atoms with Gasteiger partial charge in [-0.15, -0.1) is 0 Å². The van der Waals surface area contributed by atoms with Crippen molar-refractivity contribution in [2.75, 3.05) is 0 Å². The number of aromatic nitrogens is 2. The summed E-state index contributed by atoms with van der Waals surface area (Å²) in [5, 5.41) is 11.5. The molecule has 2 heterocycles. The van der Waals surface area contributed by atoms with E-state index in [0.29, 0.717) is 19.4 Å². The van der Waals surface area contributed by atoms with Gasteiger partial charge in [0.15, 0.2) is 0 Å². The number of hydrogen-bond donors (Lipinski definition) is 2. The Bertz CT molecular complexity index is 1510. The van der Waals surface area contributed by atoms with E-state index >= 15 is 0 Å². The zero-order chi connectivity index (χ0) is 24.9. The number of nitrogens with zero attached hydrogens (tertiary/aromatic N) is 1. The Hall–Kier alpha value is -4.38. The highest BCUT2D eigenvalue weighted by Gasteiger charge is 2.15. The molecular formula is C31H28N2O3. The number of carboxylic acids is 1. The van der Waals surface area contributed by atoms with Crippen molar-refractivity contribution in [3.63, 3.8) is 0 Å². The Labute approximate surface area is 210 Å². The van der Waals surface area contributed by atoms with Crippen LogP contribution in [0.3, 0.4) is 0 Å². The summed E-state index contributed by atoms with van der Waals surface area (Å²) in [6, 6.07) is 26.6. The number of hydrogen-bond acceptors (Lipinski definition) is 3. The van der Waals surface area contributed by atoms with E-state index in [1.54, 1.807) is 6.20 Å². The van der Waals surface area contributed by atoms with Crippen LogP contribution in [0.1, 0.15) is 34.5 Å². The number of ether oxygens (including phenoxy) is 1. The summed E-state index contributed by atoms with van der Waals surface area (Å²) in [6.07, 6.45) is 5.08. The standard InChI is InChI=1S/C31H28N2O3/c1-21-26(8-5-15-32-21)20-36-27-12-11-24-16-22(9-10-25(24)18-27)17-30-28(13-14-31(34)35)29(19-33-30)23-6-3-2-4-7-23/h2-12,15-16,18-19,33H,13-14,17,20H2,1H3,(H,34,35). The van der Waals surface area contributed by atoms with Gasteiger partial charge in [-0.25, -0.2) is 0 Å². The number of aliphatic carboxylic acids is 1. The molecule has 0 aliphatic heterocycles. The van der Waals surface area contributed by atoms with Crippen LogP contribution >= 0.6 is 0 Å². The zero-order valence-electron chi connectivity index (χ0n) is 20.2. The molecule has 180 valence electrons. The van der Waals surface area contributed by atoms with Gasteiger partial charge in [0, 0.05) is 47.8 Å². The molecule has 0 saturated carbocycles. The fraction of sp³-hybridized carbons (Fsp3) is 0.161. The van der Waals surface area contributed by atoms with Crippen LogP contribution in [-0.2, 0) is 24.2 Å². The van der Waals surface area contributed by atoms with Crippen molar-refractivity contribution < 1.29 is 14.6 Å². The summed E-state index contributed by atoms with van der Waals surface area (Å²) in [7, 11) is 0. The normalized spacial score (nSPS) is 11.0. The lowest BCUT2D eigenvalue weighted by Crippen LogP contribution is -2.01. The van der Waals surface area contributed by atoms with Gasteiger partial charge in [0.25, 0.3) is 0 Å². The van der Waals surface area contributed by atoms with Crippen LogP contribution in [0.4, 0.5) is 0 Å². The highest BCUT2D eigenvalue weighted by Crippen LogP contribution is 2.30. The van der Waals surface area contributed by atoms with E-state index in [4.69, 9.17) is 4.74 Å². The Morgan fingerprint density at radius 2 is 1.78 bits per heavy atom. The number of benzene rings is 3. The van der Waals surface area contributed by atoms with Gasteiger partial charge in [-0.1, -0.05) is 60.7 Å². The number of carbonyl (C=O) groups is 1. The SMILES string of the molecule is Cc1ncccc1COc1ccc2cc(Cc3[nH]cc(-c4ccccc4)c3CCC(=O)O)ccc2c1. The average molecular weight is 477 g/mol. The molecule has 36 heavy (non-hydrogen) atoms. The minimum atomic E-state index is -0.788. The van der Waals surface area contributed by atoms with E-state index in [1.807, 2.05) is 49.5 Å². The lowest BCUT2D eigenvalue weighted by Gasteiger charge is -2.10. The summed E-state index contributed by atoms with van der Waals surface area (Å²) in [6.45, 7) is 2.47. The van der Waals surface area contributed by atoms with Crippen molar-refractivity contribution in [1.82, 2.24) is 9.97 Å². The Balaban J connectivity index is 1.36. The molecule has 2 N–H and O–H groups in total. The van der Waals surface area contributed by atoms with Crippen LogP contribution in [0.2, 0.25) is 0 Å². The Morgan fingerprint density at radius 3 is 2.58 bits per heavy atom. The third-order valence-corrected chi connectivity index (χ3v) is 6.52. The molecule has 0 aliphatic rings. The lowest BCUT2D eigenvalue weighted by atomic mass is 9.96. The van der Waals surface area contributed by atoms with Gasteiger partial charge >= 0.3 is 5.97 Å². The minimum Gasteiger partial charge on any atom is -0.489 e. The second-order valence-electron chi connectivity index (χ2n) is 8.98. The fourth-order valence-electron chi connectivity index (χ4n) is 4.55. The van der Waals surface area contributed by atoms with E-state index in [1.165, 1.54) is 5.56 Å². The monoisotopic (exact) mass is 476 g/mol. The molecule has 0 saturated heterocycles. The van der Waals surface area contributed by atoms with Crippen LogP contribution < -0.4 is 4.74 Å². The van der Waals surface area contributed by atoms with Gasteiger partial charge in [0.05, 0.1) is 0 Å². The molecule has 3 aromatic carbocycles. The summed E-state index contributed by atoms with van der Waals surface area (Å²) in [5.74, 6) is 0.0370. The van der Waals surface area contributed by atoms with Crippen molar-refractivity contribution in [1.29, 1.82) is 0 Å². The molecule has 5 rings (SSSR count). The highest BCUT2D eigenvalue weighted by atomic mass is 16.5. The van der Waals surface area contributed by atoms with E-state index in [9.17, 15) is 9.90 Å². The predicted octanol–water partition coefficient (Wildman–Crippen LogP) is 6.73. The van der Waals surface area contributed by atoms with Crippen molar-refractivity contribution in [2.24, 2.45) is 0 Å². The molecule has 5 nitrogen and oxygen atoms in total. The van der Waals surface area contributed by atoms with E-state index < -0.39 is 5.97 Å². The van der Waals surface area contributed by atoms with Crippen LogP contribution in [0.15, 0.2) is 91.3 Å². The molecule has 0 radical (unpaired) electrons. The molecule has 5 aromatic rings. The molecule has 0 unspecified atom stereocenters. The van der Waals surface area contributed by atoms with Crippen molar-refractivity contribution in [2.45, 2.75) is 32.8 Å². The summed E-state index contributed by atoms with van der Waals surface area (Å²) < 4.78 is 6.02. The van der Waals surface area contributed by atoms with Gasteiger partial charge in [0.1, 0.15) is 12.4 Å². The molecule has 0 aliphatic carbocycles. The maximum Gasteiger partial charge on any atom is 0.303 e. The van der Waals surface area contributed by atoms with E-state index in [0.717, 1.165) is 50.2 Å². The van der Waals surface area contributed by atoms with Gasteiger partial charge in [-0.3, -0.25) is 9.78 Å². The maximum atomic E-state index is 11.3. The summed E-state index contributed by atoms with van der Waals surface area (Å²) in [5.41, 5.74) is 7.50. The number of pyridine rings is 1. The van der Waals surface area contributed by atoms with E-state index in [2.05, 4.69) is 52.4 Å². The number of aryl methyl sites for hydroxylation is 1. The third kappa shape index (κ3) is 5.31. The number of H-pyrrole nitrogens is 1. The Kier molecular flexibility index (Phi) is 6.80. The largest absolute Gasteiger partial charge is 0.489 e. The summed E-state index contributed by atoms with van der Waals surface area (Å²) >= 11 is 0. The van der Waals surface area contributed by atoms with Crippen LogP contribution in [-0.4, -0.2) is 21.0 Å². The number of fused-ring (bicyclic) bond motifs is 1. The molecule has 0 amide bonds. The maximum absolute atomic E-state index is 11.3. The first kappa shape index (κ1) is 23.4. The summed E-state index contributed by atoms with van der Waals surface area (Å²) in [4.78, 5) is 19.0. The van der Waals surface area contributed by atoms with Gasteiger partial charge in [0.2, 0.25) is 0 Å². The van der Waals surface area contributed by atoms with Crippen molar-refractivity contribution in [3.05, 3.63) is 119 Å². The second-order valence-corrected chi connectivity index (χ2v) is 8.98. The fourth-order valence-corrected chi connectivity index (χ4v) is 4.55. The zero-order valence-corrected chi connectivity index (χ0v) is 20.2. The number of nitrogens with one attached hydrogen (secondary N) is 1. The molecular weight excluding hydrogens is 448 g/mol. The average Bonchev–Trinajstić information content (AvgIpc) is 3.29. The minimum absolute atomic E-state index is 0.101. The van der Waals surface area contributed by atoms with Crippen LogP contribution in [0.25, 0.3) is 21.9 Å². The molecule has 2 aromatic heterocycles. The molecule has 0 bridgehead atoms. The third-order valence-electron chi connectivity index (χ3n) is 6.52. The molecule has 0 fully saturated rings. The smallest absolute Gasteiger partial charge is 0.303 e. The van der Waals surface area contributed by atoms with Gasteiger partial charge in [-0.2, -0.15) is 0 Å². The lowest BCUT2D eigenvalue weighted by molar-refractivity contribution is -0.136. The molecule has 0 atom stereocenters. The van der Waals surface area contributed by atoms with Crippen LogP contribution in [0.5, 0.6) is 5.75 Å². The van der Waals surface area contributed by atoms with Gasteiger partial charge < -0.3 is 14.8 Å².